The molecule has 10 aromatic carbocycles. The summed E-state index contributed by atoms with van der Waals surface area (Å²) in [4.78, 5) is 38.9. The van der Waals surface area contributed by atoms with E-state index in [4.69, 9.17) is 26.4 Å². The normalized spacial score (nSPS) is 12.1. The number of hydrogen-bond donors (Lipinski definition) is 4. The summed E-state index contributed by atoms with van der Waals surface area (Å²) in [6.07, 6.45) is 23.3. The Bertz CT molecular complexity index is 8560. The standard InChI is InChI=1S/C132H115N11/c1-22-89-31-39-96(40-32-89)123-103-47-55-111(133-103)127(119-81(8)63-77(4)64-82(119)9)113-57-49-105(135-113)124(106-50-58-114(136-106)128(112-56-48-104(123)134-112)120-83(10)65-78(5)66-84(120)11)97-41-33-90(34-42-97)25-28-93-71-94(73-100(72-93)131(16,17)18)29-26-91-35-43-98(44-36-91)125-107-51-59-115(137-107)129(121-85(12)67-79(6)68-86(121)13)117-61-53-109(139-117)126(110-54-62-118(140-110)130(116-60-52-108(125)138-116)122-87(14)69-80(7)70-88(122)15)99-45-37-92(38-46-99)27-30-95-74-101(132(19,20)21)76-102(75-95)141-142-143(23-2)24-3/h1,31-76,133,136-137,140H,23-24H2,2-21H3. The van der Waals surface area contributed by atoms with E-state index < -0.39 is 0 Å². The molecule has 0 fully saturated rings. The number of fused-ring (bicyclic) bond motifs is 16. The lowest BCUT2D eigenvalue weighted by atomic mass is 9.85. The second-order valence-corrected chi connectivity index (χ2v) is 40.7. The highest BCUT2D eigenvalue weighted by Gasteiger charge is 2.28. The fraction of sp³-hybridized carbons (Fsp3) is 0.182. The van der Waals surface area contributed by atoms with Crippen molar-refractivity contribution in [1.82, 2.24) is 44.9 Å². The van der Waals surface area contributed by atoms with Crippen LogP contribution in [-0.4, -0.2) is 58.0 Å². The lowest BCUT2D eigenvalue weighted by Crippen LogP contribution is -2.14. The van der Waals surface area contributed by atoms with Crippen LogP contribution in [0.1, 0.15) is 218 Å². The molecule has 698 valence electrons. The van der Waals surface area contributed by atoms with Crippen LogP contribution < -0.4 is 0 Å². The van der Waals surface area contributed by atoms with Crippen molar-refractivity contribution in [3.8, 4) is 137 Å². The molecule has 0 atom stereocenters. The zero-order valence-electron chi connectivity index (χ0n) is 85.2. The van der Waals surface area contributed by atoms with E-state index in [1.165, 1.54) is 22.3 Å². The van der Waals surface area contributed by atoms with Crippen molar-refractivity contribution in [2.75, 3.05) is 13.1 Å². The van der Waals surface area contributed by atoms with Gasteiger partial charge in [0.15, 0.2) is 0 Å². The molecule has 0 aliphatic carbocycles. The summed E-state index contributed by atoms with van der Waals surface area (Å²) < 4.78 is 0. The molecular formula is C132H115N11. The lowest BCUT2D eigenvalue weighted by molar-refractivity contribution is 0.300. The van der Waals surface area contributed by atoms with Crippen molar-refractivity contribution in [2.45, 2.75) is 149 Å². The first-order valence-corrected chi connectivity index (χ1v) is 49.4. The molecule has 4 aliphatic heterocycles. The first-order valence-electron chi connectivity index (χ1n) is 49.4. The summed E-state index contributed by atoms with van der Waals surface area (Å²) in [7, 11) is 0. The van der Waals surface area contributed by atoms with E-state index in [1.54, 1.807) is 0 Å². The third-order valence-electron chi connectivity index (χ3n) is 27.7. The second-order valence-electron chi connectivity index (χ2n) is 40.7. The maximum absolute atomic E-state index is 5.96. The van der Waals surface area contributed by atoms with E-state index in [0.29, 0.717) is 0 Å². The van der Waals surface area contributed by atoms with Gasteiger partial charge in [0.1, 0.15) is 0 Å². The number of nitrogens with zero attached hydrogens (tertiary/aromatic N) is 7. The Morgan fingerprint density at radius 2 is 0.469 bits per heavy atom. The van der Waals surface area contributed by atoms with Crippen molar-refractivity contribution in [3.05, 3.63) is 393 Å². The van der Waals surface area contributed by atoms with Gasteiger partial charge in [0, 0.05) is 141 Å². The van der Waals surface area contributed by atoms with Crippen LogP contribution in [-0.2, 0) is 10.8 Å². The number of hydrogen-bond acceptors (Lipinski definition) is 6. The molecule has 11 heteroatoms. The van der Waals surface area contributed by atoms with Crippen LogP contribution >= 0.6 is 0 Å². The first kappa shape index (κ1) is 93.7. The zero-order valence-corrected chi connectivity index (χ0v) is 85.2. The van der Waals surface area contributed by atoms with Gasteiger partial charge < -0.3 is 19.9 Å². The minimum atomic E-state index is -0.210. The quantitative estimate of drug-likeness (QED) is 0.0547. The fourth-order valence-corrected chi connectivity index (χ4v) is 21.1. The summed E-state index contributed by atoms with van der Waals surface area (Å²) in [5, 5.41) is 11.2. The highest BCUT2D eigenvalue weighted by molar-refractivity contribution is 6.05. The molecule has 16 aromatic rings. The highest BCUT2D eigenvalue weighted by atomic mass is 15.5. The highest BCUT2D eigenvalue weighted by Crippen LogP contribution is 2.47. The minimum Gasteiger partial charge on any atom is -0.354 e. The fourth-order valence-electron chi connectivity index (χ4n) is 21.1. The maximum atomic E-state index is 5.96. The van der Waals surface area contributed by atoms with Crippen molar-refractivity contribution >= 4 is 98.4 Å². The molecule has 4 aliphatic rings. The van der Waals surface area contributed by atoms with Crippen LogP contribution in [0, 0.1) is 131 Å². The van der Waals surface area contributed by atoms with Gasteiger partial charge in [-0.15, -0.1) is 11.5 Å². The van der Waals surface area contributed by atoms with Gasteiger partial charge in [-0.25, -0.2) is 19.9 Å². The smallest absolute Gasteiger partial charge is 0.0889 e. The van der Waals surface area contributed by atoms with Gasteiger partial charge in [-0.3, -0.25) is 5.01 Å². The molecule has 0 amide bonds. The molecule has 0 radical (unpaired) electrons. The van der Waals surface area contributed by atoms with E-state index in [2.05, 4.69) is 471 Å². The van der Waals surface area contributed by atoms with Crippen LogP contribution in [0.4, 0.5) is 5.69 Å². The SMILES string of the molecule is C#Cc1ccc(-c2c3nc(c(-c4c(C)cc(C)cc4C)c4ccc([nH]4)c(-c4ccc(C#Cc5cc(C#Cc6ccc(-c7c8nc(c(-c9c(C)cc(C)cc9C)c9ccc([nH]9)c(-c9ccc(C#Cc%10cc(N=NN(CC)CC)cc(C(C)(C)C)c%10)cc9)c9nc(c(-c%10c(C)cc(C)cc%10C)c%10ccc7[nH]%10)C=C9)C=C8)cc6)cc(C(C)(C)C)c5)cc4)c4nc(c(-c5c(C)cc(C)cc5C)c5ccc2[nH]5)C=C4)C=C3)cc1. The number of nitrogens with one attached hydrogen (secondary N) is 4. The molecular weight excluding hydrogens is 1740 g/mol. The number of benzene rings is 10. The van der Waals surface area contributed by atoms with Gasteiger partial charge in [-0.05, 0) is 390 Å². The Hall–Kier alpha value is -17.0. The minimum absolute atomic E-state index is 0.124. The Morgan fingerprint density at radius 3 is 0.706 bits per heavy atom. The topological polar surface area (TPSA) is 143 Å². The number of aromatic amines is 4. The van der Waals surface area contributed by atoms with Crippen LogP contribution in [0.2, 0.25) is 0 Å². The summed E-state index contributed by atoms with van der Waals surface area (Å²) in [5.74, 6) is 24.3. The number of H-pyrrole nitrogens is 4. The molecule has 4 N–H and O–H groups in total. The zero-order chi connectivity index (χ0) is 99.7. The molecule has 0 unspecified atom stereocenters. The molecule has 11 nitrogen and oxygen atoms in total. The second kappa shape index (κ2) is 38.0. The number of aromatic nitrogens is 8. The summed E-state index contributed by atoms with van der Waals surface area (Å²) in [6.45, 7) is 45.4. The first-order chi connectivity index (χ1) is 68.8. The van der Waals surface area contributed by atoms with E-state index in [0.717, 1.165) is 292 Å². The maximum Gasteiger partial charge on any atom is 0.0889 e. The Kier molecular flexibility index (Phi) is 24.9. The Labute approximate surface area is 840 Å². The van der Waals surface area contributed by atoms with Crippen molar-refractivity contribution in [1.29, 1.82) is 0 Å². The molecule has 6 aromatic heterocycles. The average molecular weight is 1860 g/mol. The van der Waals surface area contributed by atoms with Gasteiger partial charge in [-0.1, -0.05) is 208 Å². The molecule has 10 heterocycles. The lowest BCUT2D eigenvalue weighted by Gasteiger charge is -2.20. The van der Waals surface area contributed by atoms with Crippen LogP contribution in [0.5, 0.6) is 0 Å². The van der Waals surface area contributed by atoms with Crippen molar-refractivity contribution < 1.29 is 0 Å². The van der Waals surface area contributed by atoms with E-state index in [1.807, 2.05) is 23.2 Å². The van der Waals surface area contributed by atoms with Gasteiger partial charge >= 0.3 is 0 Å². The van der Waals surface area contributed by atoms with Crippen molar-refractivity contribution in [2.24, 2.45) is 10.3 Å². The van der Waals surface area contributed by atoms with Crippen LogP contribution in [0.15, 0.2) is 241 Å². The average Bonchev–Trinajstić information content (AvgIpc) is 1.62. The van der Waals surface area contributed by atoms with Gasteiger partial charge in [0.25, 0.3) is 0 Å². The van der Waals surface area contributed by atoms with E-state index in [9.17, 15) is 0 Å². The third kappa shape index (κ3) is 18.8. The van der Waals surface area contributed by atoms with Crippen LogP contribution in [0.25, 0.3) is 182 Å². The molecule has 0 saturated carbocycles. The summed E-state index contributed by atoms with van der Waals surface area (Å²) in [6, 6.07) is 82.6. The molecule has 0 saturated heterocycles. The summed E-state index contributed by atoms with van der Waals surface area (Å²) in [5.41, 5.74) is 53.2. The Balaban J connectivity index is 0.680. The molecule has 20 rings (SSSR count). The molecule has 16 bridgehead atoms. The molecule has 143 heavy (non-hydrogen) atoms. The van der Waals surface area contributed by atoms with Gasteiger partial charge in [0.05, 0.1) is 51.2 Å². The van der Waals surface area contributed by atoms with Crippen molar-refractivity contribution in [3.63, 3.8) is 0 Å². The monoisotopic (exact) mass is 1850 g/mol. The predicted octanol–water partition coefficient (Wildman–Crippen LogP) is 32.8. The number of aryl methyl sites for hydroxylation is 12. The molecule has 0 spiro atoms. The Morgan fingerprint density at radius 1 is 0.252 bits per heavy atom. The number of rotatable bonds is 12. The largest absolute Gasteiger partial charge is 0.354 e. The predicted molar refractivity (Wildman–Crippen MR) is 602 cm³/mol. The van der Waals surface area contributed by atoms with E-state index in [-0.39, 0.29) is 10.8 Å². The van der Waals surface area contributed by atoms with Crippen LogP contribution in [0.3, 0.4) is 0 Å². The van der Waals surface area contributed by atoms with Gasteiger partial charge in [0.2, 0.25) is 0 Å². The third-order valence-corrected chi connectivity index (χ3v) is 27.7. The van der Waals surface area contributed by atoms with E-state index >= 15 is 0 Å². The van der Waals surface area contributed by atoms with Gasteiger partial charge in [-0.2, -0.15) is 0 Å². The summed E-state index contributed by atoms with van der Waals surface area (Å²) >= 11 is 0. The number of terminal acetylenes is 1.